The standard InChI is InChI=1S/C24H28O2S.CH3NO2/c1-4-5-6-7-8-22-17-23(18-9-13-20(25-2)14-10-18)24(27-22)19-11-15-21(26-3)16-12-19;3-1-2-4/h9-17H,4-8H2,1-3H3;1,4H,(H,2,3). The fourth-order valence-electron chi connectivity index (χ4n) is 3.23. The van der Waals surface area contributed by atoms with Crippen molar-refractivity contribution in [2.45, 2.75) is 39.0 Å². The molecule has 3 rings (SSSR count). The molecule has 1 heterocycles. The summed E-state index contributed by atoms with van der Waals surface area (Å²) in [6, 6.07) is 19.1. The monoisotopic (exact) mass is 441 g/mol. The summed E-state index contributed by atoms with van der Waals surface area (Å²) in [6.45, 7) is 2.26. The number of hydrogen-bond donors (Lipinski definition) is 2. The number of carbonyl (C=O) groups is 1. The van der Waals surface area contributed by atoms with Crippen LogP contribution in [-0.4, -0.2) is 25.8 Å². The second kappa shape index (κ2) is 13.5. The fraction of sp³-hybridized carbons (Fsp3) is 0.320. The lowest BCUT2D eigenvalue weighted by atomic mass is 10.0. The van der Waals surface area contributed by atoms with Gasteiger partial charge in [0.25, 0.3) is 0 Å². The first-order valence-corrected chi connectivity index (χ1v) is 11.2. The zero-order chi connectivity index (χ0) is 22.5. The molecule has 6 heteroatoms. The van der Waals surface area contributed by atoms with E-state index in [1.54, 1.807) is 14.2 Å². The van der Waals surface area contributed by atoms with Crippen LogP contribution in [0.1, 0.15) is 37.5 Å². The topological polar surface area (TPSA) is 67.8 Å². The minimum absolute atomic E-state index is 0.181. The molecule has 1 aromatic heterocycles. The van der Waals surface area contributed by atoms with Crippen molar-refractivity contribution < 1.29 is 19.5 Å². The SMILES string of the molecule is CCCCCCc1cc(-c2ccc(OC)cc2)c(-c2ccc(OC)cc2)s1.O=CNO. The van der Waals surface area contributed by atoms with Crippen LogP contribution < -0.4 is 15.0 Å². The Morgan fingerprint density at radius 1 is 0.903 bits per heavy atom. The molecule has 0 bridgehead atoms. The number of hydroxylamine groups is 1. The molecule has 5 nitrogen and oxygen atoms in total. The van der Waals surface area contributed by atoms with E-state index in [2.05, 4.69) is 37.3 Å². The number of aryl methyl sites for hydroxylation is 1. The zero-order valence-electron chi connectivity index (χ0n) is 18.4. The minimum atomic E-state index is 0.181. The summed E-state index contributed by atoms with van der Waals surface area (Å²) in [6.07, 6.45) is 6.51. The summed E-state index contributed by atoms with van der Waals surface area (Å²) < 4.78 is 10.6. The van der Waals surface area contributed by atoms with Crippen LogP contribution in [0.5, 0.6) is 11.5 Å². The molecule has 0 aliphatic rings. The van der Waals surface area contributed by atoms with Gasteiger partial charge in [-0.1, -0.05) is 38.3 Å². The highest BCUT2D eigenvalue weighted by Crippen LogP contribution is 2.40. The van der Waals surface area contributed by atoms with Gasteiger partial charge >= 0.3 is 0 Å². The Hall–Kier alpha value is -2.83. The van der Waals surface area contributed by atoms with Crippen LogP contribution >= 0.6 is 11.3 Å². The van der Waals surface area contributed by atoms with Crippen molar-refractivity contribution >= 4 is 17.7 Å². The van der Waals surface area contributed by atoms with E-state index in [0.717, 1.165) is 17.9 Å². The smallest absolute Gasteiger partial charge is 0.230 e. The highest BCUT2D eigenvalue weighted by Gasteiger charge is 2.13. The summed E-state index contributed by atoms with van der Waals surface area (Å²) in [5, 5.41) is 7.26. The van der Waals surface area contributed by atoms with Crippen molar-refractivity contribution in [3.8, 4) is 33.1 Å². The highest BCUT2D eigenvalue weighted by atomic mass is 32.1. The number of nitrogens with one attached hydrogen (secondary N) is 1. The molecule has 0 saturated heterocycles. The molecule has 0 radical (unpaired) electrons. The lowest BCUT2D eigenvalue weighted by molar-refractivity contribution is -0.116. The van der Waals surface area contributed by atoms with Crippen LogP contribution in [0.15, 0.2) is 54.6 Å². The van der Waals surface area contributed by atoms with E-state index in [-0.39, 0.29) is 6.41 Å². The molecule has 3 aromatic rings. The number of rotatable bonds is 10. The van der Waals surface area contributed by atoms with Gasteiger partial charge in [0.1, 0.15) is 11.5 Å². The second-order valence-corrected chi connectivity index (χ2v) is 8.11. The molecule has 0 spiro atoms. The molecule has 1 amide bonds. The third-order valence-electron chi connectivity index (χ3n) is 4.87. The number of thiophene rings is 1. The van der Waals surface area contributed by atoms with E-state index in [1.165, 1.54) is 57.6 Å². The van der Waals surface area contributed by atoms with Crippen molar-refractivity contribution in [3.05, 3.63) is 59.5 Å². The van der Waals surface area contributed by atoms with Gasteiger partial charge < -0.3 is 9.47 Å². The fourth-order valence-corrected chi connectivity index (χ4v) is 4.46. The van der Waals surface area contributed by atoms with Crippen molar-refractivity contribution in [2.75, 3.05) is 14.2 Å². The molecule has 2 aromatic carbocycles. The van der Waals surface area contributed by atoms with Gasteiger partial charge in [-0.05, 0) is 66.4 Å². The minimum Gasteiger partial charge on any atom is -0.497 e. The van der Waals surface area contributed by atoms with Gasteiger partial charge in [-0.15, -0.1) is 11.3 Å². The summed E-state index contributed by atoms with van der Waals surface area (Å²) in [5.74, 6) is 1.78. The van der Waals surface area contributed by atoms with Crippen LogP contribution in [0, 0.1) is 0 Å². The predicted molar refractivity (Wildman–Crippen MR) is 127 cm³/mol. The number of benzene rings is 2. The van der Waals surface area contributed by atoms with Crippen molar-refractivity contribution in [1.82, 2.24) is 5.48 Å². The molecule has 166 valence electrons. The molecule has 31 heavy (non-hydrogen) atoms. The van der Waals surface area contributed by atoms with Crippen molar-refractivity contribution in [1.29, 1.82) is 0 Å². The van der Waals surface area contributed by atoms with E-state index in [1.807, 2.05) is 35.6 Å². The maximum absolute atomic E-state index is 8.81. The molecule has 0 atom stereocenters. The summed E-state index contributed by atoms with van der Waals surface area (Å²) in [5.41, 5.74) is 5.03. The second-order valence-electron chi connectivity index (χ2n) is 6.97. The van der Waals surface area contributed by atoms with E-state index in [0.29, 0.717) is 0 Å². The number of unbranched alkanes of at least 4 members (excludes halogenated alkanes) is 3. The van der Waals surface area contributed by atoms with Crippen molar-refractivity contribution in [3.63, 3.8) is 0 Å². The number of hydrogen-bond acceptors (Lipinski definition) is 5. The summed E-state index contributed by atoms with van der Waals surface area (Å²) >= 11 is 1.92. The summed E-state index contributed by atoms with van der Waals surface area (Å²) in [4.78, 5) is 11.6. The number of carbonyl (C=O) groups excluding carboxylic acids is 1. The zero-order valence-corrected chi connectivity index (χ0v) is 19.2. The molecule has 0 aliphatic heterocycles. The van der Waals surface area contributed by atoms with Gasteiger partial charge in [0, 0.05) is 15.3 Å². The molecule has 2 N–H and O–H groups in total. The van der Waals surface area contributed by atoms with Crippen LogP contribution in [0.3, 0.4) is 0 Å². The Kier molecular flexibility index (Phi) is 10.6. The highest BCUT2D eigenvalue weighted by molar-refractivity contribution is 7.16. The first-order valence-electron chi connectivity index (χ1n) is 10.4. The van der Waals surface area contributed by atoms with Crippen molar-refractivity contribution in [2.24, 2.45) is 0 Å². The van der Waals surface area contributed by atoms with E-state index >= 15 is 0 Å². The van der Waals surface area contributed by atoms with E-state index in [4.69, 9.17) is 19.5 Å². The number of methoxy groups -OCH3 is 2. The molecular formula is C25H31NO4S. The Bertz CT molecular complexity index is 839. The van der Waals surface area contributed by atoms with Gasteiger partial charge in [-0.25, -0.2) is 5.48 Å². The average molecular weight is 442 g/mol. The first-order chi connectivity index (χ1) is 15.2. The van der Waals surface area contributed by atoms with Gasteiger partial charge in [0.05, 0.1) is 14.2 Å². The third-order valence-corrected chi connectivity index (χ3v) is 6.11. The molecule has 0 fully saturated rings. The predicted octanol–water partition coefficient (Wildman–Crippen LogP) is 6.34. The molecule has 0 saturated carbocycles. The summed E-state index contributed by atoms with van der Waals surface area (Å²) in [7, 11) is 3.41. The molecule has 0 aliphatic carbocycles. The lowest BCUT2D eigenvalue weighted by Gasteiger charge is -2.07. The Morgan fingerprint density at radius 2 is 1.45 bits per heavy atom. The molecule has 0 unspecified atom stereocenters. The normalized spacial score (nSPS) is 10.1. The Morgan fingerprint density at radius 3 is 1.94 bits per heavy atom. The van der Waals surface area contributed by atoms with Crippen LogP contribution in [0.2, 0.25) is 0 Å². The van der Waals surface area contributed by atoms with Crippen LogP contribution in [0.4, 0.5) is 0 Å². The molecular weight excluding hydrogens is 410 g/mol. The van der Waals surface area contributed by atoms with Gasteiger partial charge in [0.2, 0.25) is 6.41 Å². The third kappa shape index (κ3) is 7.42. The van der Waals surface area contributed by atoms with E-state index < -0.39 is 0 Å². The Balaban J connectivity index is 0.000000785. The van der Waals surface area contributed by atoms with Gasteiger partial charge in [-0.2, -0.15) is 0 Å². The lowest BCUT2D eigenvalue weighted by Crippen LogP contribution is -1.99. The van der Waals surface area contributed by atoms with Crippen LogP contribution in [0.25, 0.3) is 21.6 Å². The quantitative estimate of drug-likeness (QED) is 0.167. The number of amides is 1. The van der Waals surface area contributed by atoms with E-state index in [9.17, 15) is 0 Å². The number of ether oxygens (including phenoxy) is 2. The Labute approximate surface area is 188 Å². The van der Waals surface area contributed by atoms with Gasteiger partial charge in [-0.3, -0.25) is 10.0 Å². The maximum atomic E-state index is 8.81. The average Bonchev–Trinajstić information content (AvgIpc) is 3.26. The maximum Gasteiger partial charge on any atom is 0.230 e. The van der Waals surface area contributed by atoms with Crippen LogP contribution in [-0.2, 0) is 11.2 Å². The largest absolute Gasteiger partial charge is 0.497 e. The first kappa shape index (κ1) is 24.4. The van der Waals surface area contributed by atoms with Gasteiger partial charge in [0.15, 0.2) is 0 Å².